The smallest absolute Gasteiger partial charge is 0.173 e. The fourth-order valence-corrected chi connectivity index (χ4v) is 2.32. The minimum absolute atomic E-state index is 0.0859. The number of aryl methyl sites for hydroxylation is 1. The monoisotopic (exact) mass is 262 g/mol. The SMILES string of the molecule is COc1cccc(C(=O)CSc2cnn(C)c2)c1. The number of carbonyl (C=O) groups is 1. The summed E-state index contributed by atoms with van der Waals surface area (Å²) in [6, 6.07) is 7.20. The van der Waals surface area contributed by atoms with Gasteiger partial charge in [0, 0.05) is 23.7 Å². The Morgan fingerprint density at radius 1 is 1.50 bits per heavy atom. The number of Topliss-reactive ketones (excluding diaryl/α,β-unsaturated/α-hetero) is 1. The molecular formula is C13H14N2O2S. The predicted octanol–water partition coefficient (Wildman–Crippen LogP) is 2.40. The molecule has 5 heteroatoms. The first-order valence-electron chi connectivity index (χ1n) is 5.48. The van der Waals surface area contributed by atoms with Gasteiger partial charge in [-0.25, -0.2) is 0 Å². The topological polar surface area (TPSA) is 44.1 Å². The Balaban J connectivity index is 1.99. The van der Waals surface area contributed by atoms with E-state index in [4.69, 9.17) is 4.74 Å². The lowest BCUT2D eigenvalue weighted by Gasteiger charge is -2.03. The number of rotatable bonds is 5. The fourth-order valence-electron chi connectivity index (χ4n) is 1.50. The molecule has 0 unspecified atom stereocenters. The molecule has 94 valence electrons. The van der Waals surface area contributed by atoms with Gasteiger partial charge in [0.05, 0.1) is 19.1 Å². The normalized spacial score (nSPS) is 10.3. The van der Waals surface area contributed by atoms with Gasteiger partial charge in [0.2, 0.25) is 0 Å². The third-order valence-corrected chi connectivity index (χ3v) is 3.39. The maximum Gasteiger partial charge on any atom is 0.173 e. The van der Waals surface area contributed by atoms with Crippen molar-refractivity contribution in [3.8, 4) is 5.75 Å². The van der Waals surface area contributed by atoms with E-state index in [0.29, 0.717) is 17.1 Å². The molecule has 0 saturated heterocycles. The van der Waals surface area contributed by atoms with Crippen LogP contribution in [0.4, 0.5) is 0 Å². The third kappa shape index (κ3) is 3.13. The molecule has 0 aliphatic heterocycles. The van der Waals surface area contributed by atoms with E-state index in [2.05, 4.69) is 5.10 Å². The molecule has 0 fully saturated rings. The number of ketones is 1. The van der Waals surface area contributed by atoms with Gasteiger partial charge in [-0.1, -0.05) is 12.1 Å². The number of nitrogens with zero attached hydrogens (tertiary/aromatic N) is 2. The lowest BCUT2D eigenvalue weighted by atomic mass is 10.1. The van der Waals surface area contributed by atoms with Crippen LogP contribution in [0.1, 0.15) is 10.4 Å². The summed E-state index contributed by atoms with van der Waals surface area (Å²) in [4.78, 5) is 13.0. The molecule has 2 rings (SSSR count). The molecule has 0 amide bonds. The Morgan fingerprint density at radius 2 is 2.33 bits per heavy atom. The molecule has 1 aromatic heterocycles. The van der Waals surface area contributed by atoms with E-state index in [0.717, 1.165) is 4.90 Å². The highest BCUT2D eigenvalue weighted by molar-refractivity contribution is 8.00. The van der Waals surface area contributed by atoms with Crippen LogP contribution in [-0.2, 0) is 7.05 Å². The van der Waals surface area contributed by atoms with Gasteiger partial charge in [-0.15, -0.1) is 11.8 Å². The Labute approximate surface area is 110 Å². The zero-order valence-electron chi connectivity index (χ0n) is 10.3. The van der Waals surface area contributed by atoms with E-state index in [-0.39, 0.29) is 5.78 Å². The minimum Gasteiger partial charge on any atom is -0.497 e. The van der Waals surface area contributed by atoms with E-state index in [1.165, 1.54) is 11.8 Å². The highest BCUT2D eigenvalue weighted by Crippen LogP contribution is 2.19. The standard InChI is InChI=1S/C13H14N2O2S/c1-15-8-12(7-14-15)18-9-13(16)10-4-3-5-11(6-10)17-2/h3-8H,9H2,1-2H3. The molecule has 1 heterocycles. The third-order valence-electron chi connectivity index (χ3n) is 2.44. The number of carbonyl (C=O) groups excluding carboxylic acids is 1. The fraction of sp³-hybridized carbons (Fsp3) is 0.231. The summed E-state index contributed by atoms with van der Waals surface area (Å²) >= 11 is 1.48. The van der Waals surface area contributed by atoms with Crippen LogP contribution in [0.3, 0.4) is 0 Å². The van der Waals surface area contributed by atoms with Crippen molar-refractivity contribution in [1.29, 1.82) is 0 Å². The summed E-state index contributed by atoms with van der Waals surface area (Å²) in [7, 11) is 3.45. The first-order chi connectivity index (χ1) is 8.69. The number of benzene rings is 1. The van der Waals surface area contributed by atoms with Gasteiger partial charge >= 0.3 is 0 Å². The number of aromatic nitrogens is 2. The largest absolute Gasteiger partial charge is 0.497 e. The van der Waals surface area contributed by atoms with Crippen molar-refractivity contribution in [1.82, 2.24) is 9.78 Å². The summed E-state index contributed by atoms with van der Waals surface area (Å²) in [5, 5.41) is 4.06. The van der Waals surface area contributed by atoms with Gasteiger partial charge in [0.15, 0.2) is 5.78 Å². The first kappa shape index (κ1) is 12.7. The highest BCUT2D eigenvalue weighted by atomic mass is 32.2. The molecule has 0 N–H and O–H groups in total. The summed E-state index contributed by atoms with van der Waals surface area (Å²) in [5.41, 5.74) is 0.672. The van der Waals surface area contributed by atoms with Crippen LogP contribution >= 0.6 is 11.8 Å². The predicted molar refractivity (Wildman–Crippen MR) is 71.3 cm³/mol. The van der Waals surface area contributed by atoms with Crippen LogP contribution in [0.15, 0.2) is 41.6 Å². The molecule has 0 spiro atoms. The van der Waals surface area contributed by atoms with Crippen LogP contribution in [0, 0.1) is 0 Å². The molecule has 4 nitrogen and oxygen atoms in total. The molecule has 2 aromatic rings. The summed E-state index contributed by atoms with van der Waals surface area (Å²) in [5.74, 6) is 1.19. The Bertz CT molecular complexity index is 551. The molecule has 1 aromatic carbocycles. The zero-order valence-corrected chi connectivity index (χ0v) is 11.1. The summed E-state index contributed by atoms with van der Waals surface area (Å²) in [6.45, 7) is 0. The van der Waals surface area contributed by atoms with E-state index in [9.17, 15) is 4.79 Å². The van der Waals surface area contributed by atoms with Gasteiger partial charge < -0.3 is 4.74 Å². The Kier molecular flexibility index (Phi) is 4.04. The first-order valence-corrected chi connectivity index (χ1v) is 6.46. The lowest BCUT2D eigenvalue weighted by molar-refractivity contribution is 0.102. The quantitative estimate of drug-likeness (QED) is 0.613. The molecule has 18 heavy (non-hydrogen) atoms. The van der Waals surface area contributed by atoms with Gasteiger partial charge in [-0.3, -0.25) is 9.48 Å². The van der Waals surface area contributed by atoms with Gasteiger partial charge in [0.25, 0.3) is 0 Å². The lowest BCUT2D eigenvalue weighted by Crippen LogP contribution is -2.02. The minimum atomic E-state index is 0.0859. The number of methoxy groups -OCH3 is 1. The van der Waals surface area contributed by atoms with Crippen molar-refractivity contribution in [2.24, 2.45) is 7.05 Å². The van der Waals surface area contributed by atoms with Crippen LogP contribution in [0.2, 0.25) is 0 Å². The van der Waals surface area contributed by atoms with Crippen molar-refractivity contribution >= 4 is 17.5 Å². The van der Waals surface area contributed by atoms with Crippen molar-refractivity contribution < 1.29 is 9.53 Å². The molecule has 0 saturated carbocycles. The molecule has 0 bridgehead atoms. The molecule has 0 aliphatic rings. The van der Waals surface area contributed by atoms with Crippen molar-refractivity contribution in [3.63, 3.8) is 0 Å². The molecule has 0 radical (unpaired) electrons. The van der Waals surface area contributed by atoms with E-state index in [1.807, 2.05) is 25.4 Å². The summed E-state index contributed by atoms with van der Waals surface area (Å²) in [6.07, 6.45) is 3.65. The van der Waals surface area contributed by atoms with Crippen LogP contribution in [-0.4, -0.2) is 28.4 Å². The second-order valence-corrected chi connectivity index (χ2v) is 4.84. The number of thioether (sulfide) groups is 1. The average Bonchev–Trinajstić information content (AvgIpc) is 2.82. The Hall–Kier alpha value is -1.75. The number of hydrogen-bond donors (Lipinski definition) is 0. The summed E-state index contributed by atoms with van der Waals surface area (Å²) < 4.78 is 6.82. The second-order valence-electron chi connectivity index (χ2n) is 3.79. The Morgan fingerprint density at radius 3 is 3.00 bits per heavy atom. The van der Waals surface area contributed by atoms with Crippen molar-refractivity contribution in [2.75, 3.05) is 12.9 Å². The maximum absolute atomic E-state index is 12.0. The van der Waals surface area contributed by atoms with Gasteiger partial charge in [-0.05, 0) is 12.1 Å². The second kappa shape index (κ2) is 5.73. The van der Waals surface area contributed by atoms with Gasteiger partial charge in [-0.2, -0.15) is 5.10 Å². The van der Waals surface area contributed by atoms with Crippen molar-refractivity contribution in [3.05, 3.63) is 42.2 Å². The molecule has 0 atom stereocenters. The van der Waals surface area contributed by atoms with E-state index >= 15 is 0 Å². The number of ether oxygens (including phenoxy) is 1. The van der Waals surface area contributed by atoms with Crippen LogP contribution in [0.5, 0.6) is 5.75 Å². The van der Waals surface area contributed by atoms with Crippen molar-refractivity contribution in [2.45, 2.75) is 4.90 Å². The highest BCUT2D eigenvalue weighted by Gasteiger charge is 2.08. The van der Waals surface area contributed by atoms with Crippen LogP contribution < -0.4 is 4.74 Å². The van der Waals surface area contributed by atoms with Gasteiger partial charge in [0.1, 0.15) is 5.75 Å². The van der Waals surface area contributed by atoms with E-state index in [1.54, 1.807) is 30.1 Å². The zero-order chi connectivity index (χ0) is 13.0. The number of hydrogen-bond acceptors (Lipinski definition) is 4. The van der Waals surface area contributed by atoms with E-state index < -0.39 is 0 Å². The maximum atomic E-state index is 12.0. The van der Waals surface area contributed by atoms with Crippen LogP contribution in [0.25, 0.3) is 0 Å². The average molecular weight is 262 g/mol. The molecular weight excluding hydrogens is 248 g/mol. The molecule has 0 aliphatic carbocycles.